The number of carbonyl (C=O) groups excluding carboxylic acids is 1. The topological polar surface area (TPSA) is 77.2 Å². The van der Waals surface area contributed by atoms with Crippen molar-refractivity contribution in [2.24, 2.45) is 0 Å². The predicted octanol–water partition coefficient (Wildman–Crippen LogP) is 3.08. The minimum atomic E-state index is -0.437. The Hall–Kier alpha value is -2.08. The van der Waals surface area contributed by atoms with Crippen LogP contribution in [0.25, 0.3) is 0 Å². The van der Waals surface area contributed by atoms with Crippen molar-refractivity contribution in [1.82, 2.24) is 4.98 Å². The number of methoxy groups -OCH3 is 1. The Balaban J connectivity index is 2.23. The molecule has 1 heterocycles. The molecule has 6 heteroatoms. The molecule has 106 valence electrons. The van der Waals surface area contributed by atoms with Crippen LogP contribution in [0, 0.1) is 0 Å². The molecule has 20 heavy (non-hydrogen) atoms. The van der Waals surface area contributed by atoms with Crippen LogP contribution in [0.1, 0.15) is 34.8 Å². The molecule has 2 aromatic rings. The zero-order valence-corrected chi connectivity index (χ0v) is 12.2. The summed E-state index contributed by atoms with van der Waals surface area (Å²) in [5.74, 6) is -0.437. The maximum atomic E-state index is 11.6. The number of carbonyl (C=O) groups is 1. The van der Waals surface area contributed by atoms with E-state index in [0.29, 0.717) is 11.3 Å². The van der Waals surface area contributed by atoms with Gasteiger partial charge in [-0.15, -0.1) is 11.3 Å². The second-order valence-corrected chi connectivity index (χ2v) is 5.20. The summed E-state index contributed by atoms with van der Waals surface area (Å²) >= 11 is 1.60. The highest BCUT2D eigenvalue weighted by Crippen LogP contribution is 2.26. The minimum absolute atomic E-state index is 0.115. The van der Waals surface area contributed by atoms with Crippen LogP contribution in [0.4, 0.5) is 11.4 Å². The number of aromatic nitrogens is 1. The van der Waals surface area contributed by atoms with E-state index in [1.807, 2.05) is 11.4 Å². The average Bonchev–Trinajstić information content (AvgIpc) is 2.99. The molecule has 1 atom stereocenters. The highest BCUT2D eigenvalue weighted by atomic mass is 32.1. The summed E-state index contributed by atoms with van der Waals surface area (Å²) in [7, 11) is 1.34. The van der Waals surface area contributed by atoms with E-state index in [9.17, 15) is 4.79 Å². The first kappa shape index (κ1) is 14.3. The van der Waals surface area contributed by atoms with Crippen molar-refractivity contribution in [1.29, 1.82) is 0 Å². The Bertz CT molecular complexity index is 584. The van der Waals surface area contributed by atoms with E-state index in [2.05, 4.69) is 17.2 Å². The summed E-state index contributed by atoms with van der Waals surface area (Å²) < 4.78 is 4.72. The number of esters is 1. The molecule has 1 aromatic heterocycles. The standard InChI is InChI=1S/C14H17N3O2S/c1-3-12(13-16-6-7-20-13)17-9-4-5-11(15)10(8-9)14(18)19-2/h4-8,12,17H,3,15H2,1-2H3. The number of ether oxygens (including phenoxy) is 1. The number of nitrogens with two attached hydrogens (primary N) is 1. The molecule has 0 bridgehead atoms. The van der Waals surface area contributed by atoms with Gasteiger partial charge in [-0.1, -0.05) is 6.92 Å². The zero-order chi connectivity index (χ0) is 14.5. The third kappa shape index (κ3) is 3.08. The fourth-order valence-electron chi connectivity index (χ4n) is 1.88. The molecule has 0 aliphatic carbocycles. The van der Waals surface area contributed by atoms with Gasteiger partial charge in [-0.2, -0.15) is 0 Å². The maximum absolute atomic E-state index is 11.6. The molecule has 1 unspecified atom stereocenters. The molecule has 0 spiro atoms. The Labute approximate surface area is 121 Å². The predicted molar refractivity (Wildman–Crippen MR) is 81.0 cm³/mol. The van der Waals surface area contributed by atoms with Crippen LogP contribution in [0.5, 0.6) is 0 Å². The molecule has 0 saturated heterocycles. The first-order chi connectivity index (χ1) is 9.65. The number of hydrogen-bond acceptors (Lipinski definition) is 6. The largest absolute Gasteiger partial charge is 0.465 e. The van der Waals surface area contributed by atoms with E-state index in [4.69, 9.17) is 10.5 Å². The Kier molecular flexibility index (Phi) is 4.57. The monoisotopic (exact) mass is 291 g/mol. The minimum Gasteiger partial charge on any atom is -0.465 e. The molecule has 3 N–H and O–H groups in total. The number of nitrogens with one attached hydrogen (secondary N) is 1. The van der Waals surface area contributed by atoms with Crippen LogP contribution in [0.2, 0.25) is 0 Å². The number of anilines is 2. The summed E-state index contributed by atoms with van der Waals surface area (Å²) in [4.78, 5) is 15.9. The molecule has 0 aliphatic heterocycles. The number of thiazole rings is 1. The van der Waals surface area contributed by atoms with Crippen molar-refractivity contribution in [3.63, 3.8) is 0 Å². The van der Waals surface area contributed by atoms with Crippen LogP contribution < -0.4 is 11.1 Å². The smallest absolute Gasteiger partial charge is 0.340 e. The molecule has 2 rings (SSSR count). The lowest BCUT2D eigenvalue weighted by atomic mass is 10.1. The van der Waals surface area contributed by atoms with Crippen molar-refractivity contribution in [3.8, 4) is 0 Å². The fraction of sp³-hybridized carbons (Fsp3) is 0.286. The molecule has 1 aromatic carbocycles. The number of rotatable bonds is 5. The van der Waals surface area contributed by atoms with Gasteiger partial charge in [-0.05, 0) is 24.6 Å². The zero-order valence-electron chi connectivity index (χ0n) is 11.4. The van der Waals surface area contributed by atoms with Gasteiger partial charge in [0, 0.05) is 23.0 Å². The first-order valence-corrected chi connectivity index (χ1v) is 7.17. The summed E-state index contributed by atoms with van der Waals surface area (Å²) in [6.07, 6.45) is 2.68. The van der Waals surface area contributed by atoms with E-state index in [1.54, 1.807) is 29.7 Å². The van der Waals surface area contributed by atoms with E-state index in [-0.39, 0.29) is 6.04 Å². The van der Waals surface area contributed by atoms with Crippen LogP contribution in [0.3, 0.4) is 0 Å². The van der Waals surface area contributed by atoms with Gasteiger partial charge < -0.3 is 15.8 Å². The van der Waals surface area contributed by atoms with E-state index in [0.717, 1.165) is 17.1 Å². The lowest BCUT2D eigenvalue weighted by molar-refractivity contribution is 0.0602. The maximum Gasteiger partial charge on any atom is 0.340 e. The molecule has 0 aliphatic rings. The van der Waals surface area contributed by atoms with Gasteiger partial charge in [0.25, 0.3) is 0 Å². The Morgan fingerprint density at radius 3 is 2.95 bits per heavy atom. The van der Waals surface area contributed by atoms with Gasteiger partial charge in [-0.3, -0.25) is 0 Å². The number of nitrogens with zero attached hydrogens (tertiary/aromatic N) is 1. The number of hydrogen-bond donors (Lipinski definition) is 2. The van der Waals surface area contributed by atoms with Crippen molar-refractivity contribution in [3.05, 3.63) is 40.3 Å². The highest BCUT2D eigenvalue weighted by molar-refractivity contribution is 7.09. The lowest BCUT2D eigenvalue weighted by Crippen LogP contribution is -2.11. The molecule has 0 radical (unpaired) electrons. The highest BCUT2D eigenvalue weighted by Gasteiger charge is 2.14. The van der Waals surface area contributed by atoms with E-state index in [1.165, 1.54) is 7.11 Å². The molecule has 0 amide bonds. The second kappa shape index (κ2) is 6.38. The molecular weight excluding hydrogens is 274 g/mol. The average molecular weight is 291 g/mol. The van der Waals surface area contributed by atoms with Crippen LogP contribution in [-0.2, 0) is 4.74 Å². The summed E-state index contributed by atoms with van der Waals surface area (Å²) in [6, 6.07) is 5.36. The van der Waals surface area contributed by atoms with Crippen molar-refractivity contribution >= 4 is 28.7 Å². The van der Waals surface area contributed by atoms with E-state index >= 15 is 0 Å². The van der Waals surface area contributed by atoms with Crippen molar-refractivity contribution in [2.45, 2.75) is 19.4 Å². The van der Waals surface area contributed by atoms with Gasteiger partial charge in [0.15, 0.2) is 0 Å². The Morgan fingerprint density at radius 2 is 2.35 bits per heavy atom. The summed E-state index contributed by atoms with van der Waals surface area (Å²) in [5, 5.41) is 6.33. The first-order valence-electron chi connectivity index (χ1n) is 6.29. The van der Waals surface area contributed by atoms with Gasteiger partial charge in [0.2, 0.25) is 0 Å². The third-order valence-corrected chi connectivity index (χ3v) is 3.85. The fourth-order valence-corrected chi connectivity index (χ4v) is 2.65. The van der Waals surface area contributed by atoms with Crippen molar-refractivity contribution in [2.75, 3.05) is 18.2 Å². The normalized spacial score (nSPS) is 11.9. The van der Waals surface area contributed by atoms with E-state index < -0.39 is 5.97 Å². The van der Waals surface area contributed by atoms with Crippen LogP contribution >= 0.6 is 11.3 Å². The summed E-state index contributed by atoms with van der Waals surface area (Å²) in [5.41, 5.74) is 7.38. The number of benzene rings is 1. The summed E-state index contributed by atoms with van der Waals surface area (Å²) in [6.45, 7) is 2.08. The third-order valence-electron chi connectivity index (χ3n) is 2.96. The van der Waals surface area contributed by atoms with Crippen LogP contribution in [-0.4, -0.2) is 18.1 Å². The van der Waals surface area contributed by atoms with Crippen molar-refractivity contribution < 1.29 is 9.53 Å². The van der Waals surface area contributed by atoms with Gasteiger partial charge >= 0.3 is 5.97 Å². The van der Waals surface area contributed by atoms with Gasteiger partial charge in [0.05, 0.1) is 18.7 Å². The molecular formula is C14H17N3O2S. The SMILES string of the molecule is CCC(Nc1ccc(N)c(C(=O)OC)c1)c1nccs1. The molecule has 0 saturated carbocycles. The Morgan fingerprint density at radius 1 is 1.55 bits per heavy atom. The molecule has 5 nitrogen and oxygen atoms in total. The quantitative estimate of drug-likeness (QED) is 0.654. The van der Waals surface area contributed by atoms with Gasteiger partial charge in [0.1, 0.15) is 5.01 Å². The van der Waals surface area contributed by atoms with Gasteiger partial charge in [-0.25, -0.2) is 9.78 Å². The number of nitrogen functional groups attached to an aromatic ring is 1. The second-order valence-electron chi connectivity index (χ2n) is 4.27. The molecule has 0 fully saturated rings. The van der Waals surface area contributed by atoms with Crippen LogP contribution in [0.15, 0.2) is 29.8 Å². The lowest BCUT2D eigenvalue weighted by Gasteiger charge is -2.17.